The molecule has 2 rings (SSSR count). The number of aryl methyl sites for hydroxylation is 2. The molecule has 2 amide bonds. The van der Waals surface area contributed by atoms with Crippen LogP contribution in [0.25, 0.3) is 0 Å². The van der Waals surface area contributed by atoms with Crippen molar-refractivity contribution in [1.82, 2.24) is 10.6 Å². The van der Waals surface area contributed by atoms with Gasteiger partial charge in [-0.2, -0.15) is 0 Å². The first kappa shape index (κ1) is 23.7. The molecule has 6 heteroatoms. The normalized spacial score (nSPS) is 11.7. The molecular formula is C22H30ClN3O2. The summed E-state index contributed by atoms with van der Waals surface area (Å²) < 4.78 is 0. The fourth-order valence-corrected chi connectivity index (χ4v) is 2.86. The fraction of sp³-hybridized carbons (Fsp3) is 0.364. The Kier molecular flexibility index (Phi) is 9.16. The Morgan fingerprint density at radius 3 is 1.89 bits per heavy atom. The molecule has 0 bridgehead atoms. The van der Waals surface area contributed by atoms with Crippen LogP contribution in [0.3, 0.4) is 0 Å². The minimum absolute atomic E-state index is 0. The standard InChI is InChI=1S/C22H29N3O2.ClH/c1-14(2)20(23)22(27)24-13-19(26)25-21(17-9-5-7-15(3)11-17)18-10-6-8-16(4)12-18;/h5-12,14,20-21H,13,23H2,1-4H3,(H,24,27)(H,25,26);1H/t20-;/m0./s1. The molecule has 0 aliphatic heterocycles. The summed E-state index contributed by atoms with van der Waals surface area (Å²) in [5, 5.41) is 5.65. The molecule has 0 unspecified atom stereocenters. The summed E-state index contributed by atoms with van der Waals surface area (Å²) in [7, 11) is 0. The highest BCUT2D eigenvalue weighted by Crippen LogP contribution is 2.23. The van der Waals surface area contributed by atoms with Gasteiger partial charge in [0, 0.05) is 0 Å². The summed E-state index contributed by atoms with van der Waals surface area (Å²) in [5.41, 5.74) is 10.1. The van der Waals surface area contributed by atoms with Crippen LogP contribution in [0.1, 0.15) is 42.1 Å². The first-order valence-electron chi connectivity index (χ1n) is 9.23. The quantitative estimate of drug-likeness (QED) is 0.664. The summed E-state index contributed by atoms with van der Waals surface area (Å²) in [4.78, 5) is 24.5. The van der Waals surface area contributed by atoms with Crippen molar-refractivity contribution in [2.24, 2.45) is 11.7 Å². The Hall–Kier alpha value is -2.37. The maximum atomic E-state index is 12.5. The highest BCUT2D eigenvalue weighted by Gasteiger charge is 2.20. The Morgan fingerprint density at radius 2 is 1.46 bits per heavy atom. The van der Waals surface area contributed by atoms with Gasteiger partial charge in [-0.05, 0) is 30.9 Å². The molecule has 1 atom stereocenters. The van der Waals surface area contributed by atoms with E-state index in [-0.39, 0.29) is 42.7 Å². The molecule has 0 aromatic heterocycles. The van der Waals surface area contributed by atoms with Gasteiger partial charge in [-0.15, -0.1) is 12.4 Å². The zero-order valence-electron chi connectivity index (χ0n) is 16.9. The minimum Gasteiger partial charge on any atom is -0.346 e. The van der Waals surface area contributed by atoms with Crippen molar-refractivity contribution in [3.8, 4) is 0 Å². The molecule has 2 aromatic carbocycles. The molecule has 0 saturated carbocycles. The third-order valence-electron chi connectivity index (χ3n) is 4.50. The minimum atomic E-state index is -0.623. The molecule has 5 nitrogen and oxygen atoms in total. The lowest BCUT2D eigenvalue weighted by Crippen LogP contribution is -2.47. The number of carbonyl (C=O) groups excluding carboxylic acids is 2. The van der Waals surface area contributed by atoms with Crippen LogP contribution in [0.5, 0.6) is 0 Å². The van der Waals surface area contributed by atoms with Crippen LogP contribution in [0.15, 0.2) is 48.5 Å². The van der Waals surface area contributed by atoms with Crippen LogP contribution < -0.4 is 16.4 Å². The molecule has 4 N–H and O–H groups in total. The van der Waals surface area contributed by atoms with Gasteiger partial charge in [0.25, 0.3) is 0 Å². The molecule has 28 heavy (non-hydrogen) atoms. The molecule has 2 aromatic rings. The molecule has 0 aliphatic rings. The highest BCUT2D eigenvalue weighted by atomic mass is 35.5. The highest BCUT2D eigenvalue weighted by molar-refractivity contribution is 5.87. The zero-order valence-corrected chi connectivity index (χ0v) is 17.7. The molecule has 0 fully saturated rings. The predicted octanol–water partition coefficient (Wildman–Crippen LogP) is 3.03. The molecule has 0 heterocycles. The van der Waals surface area contributed by atoms with E-state index in [1.54, 1.807) is 0 Å². The van der Waals surface area contributed by atoms with Gasteiger partial charge in [0.1, 0.15) is 0 Å². The second kappa shape index (κ2) is 10.8. The molecule has 0 spiro atoms. The number of amides is 2. The maximum Gasteiger partial charge on any atom is 0.240 e. The number of benzene rings is 2. The van der Waals surface area contributed by atoms with E-state index in [1.807, 2.05) is 64.1 Å². The van der Waals surface area contributed by atoms with Crippen molar-refractivity contribution in [2.45, 2.75) is 39.8 Å². The Bertz CT molecular complexity index is 762. The van der Waals surface area contributed by atoms with E-state index in [9.17, 15) is 9.59 Å². The van der Waals surface area contributed by atoms with E-state index in [4.69, 9.17) is 5.73 Å². The maximum absolute atomic E-state index is 12.5. The van der Waals surface area contributed by atoms with Crippen molar-refractivity contribution in [2.75, 3.05) is 6.54 Å². The van der Waals surface area contributed by atoms with Gasteiger partial charge < -0.3 is 16.4 Å². The summed E-state index contributed by atoms with van der Waals surface area (Å²) in [6.45, 7) is 7.68. The third kappa shape index (κ3) is 6.66. The number of nitrogens with one attached hydrogen (secondary N) is 2. The Labute approximate surface area is 173 Å². The molecular weight excluding hydrogens is 374 g/mol. The topological polar surface area (TPSA) is 84.2 Å². The lowest BCUT2D eigenvalue weighted by Gasteiger charge is -2.21. The van der Waals surface area contributed by atoms with Crippen molar-refractivity contribution in [3.63, 3.8) is 0 Å². The second-order valence-corrected chi connectivity index (χ2v) is 7.32. The van der Waals surface area contributed by atoms with Crippen LogP contribution in [0.2, 0.25) is 0 Å². The van der Waals surface area contributed by atoms with Crippen molar-refractivity contribution in [3.05, 3.63) is 70.8 Å². The largest absolute Gasteiger partial charge is 0.346 e. The molecule has 152 valence electrons. The summed E-state index contributed by atoms with van der Waals surface area (Å²) in [6.07, 6.45) is 0. The molecule has 0 aliphatic carbocycles. The number of hydrogen-bond donors (Lipinski definition) is 3. The van der Waals surface area contributed by atoms with Crippen LogP contribution in [0, 0.1) is 19.8 Å². The van der Waals surface area contributed by atoms with Crippen molar-refractivity contribution >= 4 is 24.2 Å². The molecule has 0 saturated heterocycles. The lowest BCUT2D eigenvalue weighted by atomic mass is 9.96. The van der Waals surface area contributed by atoms with Gasteiger partial charge in [-0.25, -0.2) is 0 Å². The average molecular weight is 404 g/mol. The van der Waals surface area contributed by atoms with E-state index in [0.29, 0.717) is 0 Å². The fourth-order valence-electron chi connectivity index (χ4n) is 2.86. The van der Waals surface area contributed by atoms with Gasteiger partial charge in [-0.3, -0.25) is 9.59 Å². The van der Waals surface area contributed by atoms with Crippen LogP contribution >= 0.6 is 12.4 Å². The number of carbonyl (C=O) groups is 2. The van der Waals surface area contributed by atoms with Gasteiger partial charge in [-0.1, -0.05) is 73.5 Å². The summed E-state index contributed by atoms with van der Waals surface area (Å²) in [5.74, 6) is -0.560. The molecule has 0 radical (unpaired) electrons. The summed E-state index contributed by atoms with van der Waals surface area (Å²) in [6, 6.07) is 15.2. The van der Waals surface area contributed by atoms with E-state index in [0.717, 1.165) is 22.3 Å². The average Bonchev–Trinajstić information content (AvgIpc) is 2.63. The number of hydrogen-bond acceptors (Lipinski definition) is 3. The Morgan fingerprint density at radius 1 is 0.964 bits per heavy atom. The van der Waals surface area contributed by atoms with Gasteiger partial charge >= 0.3 is 0 Å². The zero-order chi connectivity index (χ0) is 20.0. The number of rotatable bonds is 7. The lowest BCUT2D eigenvalue weighted by molar-refractivity contribution is -0.127. The predicted molar refractivity (Wildman–Crippen MR) is 115 cm³/mol. The van der Waals surface area contributed by atoms with Gasteiger partial charge in [0.15, 0.2) is 0 Å². The van der Waals surface area contributed by atoms with E-state index in [1.165, 1.54) is 0 Å². The van der Waals surface area contributed by atoms with Crippen LogP contribution in [-0.2, 0) is 9.59 Å². The monoisotopic (exact) mass is 403 g/mol. The first-order valence-corrected chi connectivity index (χ1v) is 9.23. The van der Waals surface area contributed by atoms with Crippen LogP contribution in [-0.4, -0.2) is 24.4 Å². The number of nitrogens with two attached hydrogens (primary N) is 1. The number of halogens is 1. The SMILES string of the molecule is Cc1cccc(C(NC(=O)CNC(=O)[C@@H](N)C(C)C)c2cccc(C)c2)c1.Cl. The summed E-state index contributed by atoms with van der Waals surface area (Å²) >= 11 is 0. The van der Waals surface area contributed by atoms with E-state index in [2.05, 4.69) is 22.8 Å². The Balaban J connectivity index is 0.00000392. The smallest absolute Gasteiger partial charge is 0.240 e. The van der Waals surface area contributed by atoms with Crippen molar-refractivity contribution < 1.29 is 9.59 Å². The van der Waals surface area contributed by atoms with Crippen LogP contribution in [0.4, 0.5) is 0 Å². The van der Waals surface area contributed by atoms with Gasteiger partial charge in [0.05, 0.1) is 18.6 Å². The third-order valence-corrected chi connectivity index (χ3v) is 4.50. The van der Waals surface area contributed by atoms with Gasteiger partial charge in [0.2, 0.25) is 11.8 Å². The van der Waals surface area contributed by atoms with Crippen molar-refractivity contribution in [1.29, 1.82) is 0 Å². The first-order chi connectivity index (χ1) is 12.8. The second-order valence-electron chi connectivity index (χ2n) is 7.32. The van der Waals surface area contributed by atoms with E-state index < -0.39 is 6.04 Å². The van der Waals surface area contributed by atoms with E-state index >= 15 is 0 Å².